The molecule has 0 aromatic carbocycles. The summed E-state index contributed by atoms with van der Waals surface area (Å²) >= 11 is 0. The number of amides is 1. The van der Waals surface area contributed by atoms with Crippen molar-refractivity contribution in [2.24, 2.45) is 0 Å². The monoisotopic (exact) mass is 265 g/mol. The lowest BCUT2D eigenvalue weighted by Crippen LogP contribution is -2.30. The molecule has 0 N–H and O–H groups in total. The van der Waals surface area contributed by atoms with Crippen molar-refractivity contribution in [1.82, 2.24) is 15.0 Å². The van der Waals surface area contributed by atoms with E-state index < -0.39 is 5.67 Å². The van der Waals surface area contributed by atoms with Crippen LogP contribution in [0.5, 0.6) is 0 Å². The van der Waals surface area contributed by atoms with E-state index in [1.807, 2.05) is 0 Å². The summed E-state index contributed by atoms with van der Waals surface area (Å²) in [5.74, 6) is 0.231. The molecule has 1 aliphatic carbocycles. The first-order valence-corrected chi connectivity index (χ1v) is 6.67. The van der Waals surface area contributed by atoms with Gasteiger partial charge in [0.2, 0.25) is 11.7 Å². The topological polar surface area (TPSA) is 59.2 Å². The molecule has 3 rings (SSSR count). The average Bonchev–Trinajstić information content (AvgIpc) is 3.04. The molecule has 19 heavy (non-hydrogen) atoms. The zero-order valence-electron chi connectivity index (χ0n) is 10.6. The fraction of sp³-hybridized carbons (Fsp3) is 0.615. The molecule has 0 unspecified atom stereocenters. The Morgan fingerprint density at radius 3 is 2.68 bits per heavy atom. The highest BCUT2D eigenvalue weighted by Gasteiger charge is 2.43. The summed E-state index contributed by atoms with van der Waals surface area (Å²) in [5, 5.41) is 3.65. The Morgan fingerprint density at radius 2 is 2.05 bits per heavy atom. The number of hydrogen-bond acceptors (Lipinski definition) is 4. The van der Waals surface area contributed by atoms with E-state index in [4.69, 9.17) is 4.52 Å². The van der Waals surface area contributed by atoms with Crippen molar-refractivity contribution >= 4 is 12.0 Å². The van der Waals surface area contributed by atoms with Gasteiger partial charge in [0.05, 0.1) is 0 Å². The standard InChI is InChI=1S/C13H16FN3O2/c14-13(6-3-7-13)12-15-10(19-16-12)4-5-11(18)17-8-1-2-9-17/h4-5H,1-3,6-9H2/b5-4+. The maximum Gasteiger partial charge on any atom is 0.250 e. The van der Waals surface area contributed by atoms with Gasteiger partial charge >= 0.3 is 0 Å². The van der Waals surface area contributed by atoms with E-state index in [9.17, 15) is 9.18 Å². The van der Waals surface area contributed by atoms with E-state index in [0.29, 0.717) is 12.8 Å². The predicted molar refractivity (Wildman–Crippen MR) is 65.8 cm³/mol. The number of alkyl halides is 1. The Hall–Kier alpha value is -1.72. The van der Waals surface area contributed by atoms with Crippen LogP contribution < -0.4 is 0 Å². The molecule has 6 heteroatoms. The van der Waals surface area contributed by atoms with Crippen LogP contribution in [0.2, 0.25) is 0 Å². The maximum absolute atomic E-state index is 14.0. The predicted octanol–water partition coefficient (Wildman–Crippen LogP) is 2.05. The van der Waals surface area contributed by atoms with Gasteiger partial charge in [-0.2, -0.15) is 4.98 Å². The van der Waals surface area contributed by atoms with Crippen LogP contribution in [0.1, 0.15) is 43.8 Å². The molecular weight excluding hydrogens is 249 g/mol. The minimum Gasteiger partial charge on any atom is -0.339 e. The summed E-state index contributed by atoms with van der Waals surface area (Å²) in [6, 6.07) is 0. The zero-order valence-corrected chi connectivity index (χ0v) is 10.6. The van der Waals surface area contributed by atoms with Gasteiger partial charge < -0.3 is 9.42 Å². The molecule has 5 nitrogen and oxygen atoms in total. The van der Waals surface area contributed by atoms with Gasteiger partial charge in [0.25, 0.3) is 5.89 Å². The van der Waals surface area contributed by atoms with Crippen LogP contribution in [0.25, 0.3) is 6.08 Å². The normalized spacial score (nSPS) is 21.8. The molecule has 102 valence electrons. The van der Waals surface area contributed by atoms with Gasteiger partial charge in [0.1, 0.15) is 0 Å². The van der Waals surface area contributed by atoms with Gasteiger partial charge in [-0.05, 0) is 32.1 Å². The van der Waals surface area contributed by atoms with E-state index in [1.54, 1.807) is 4.90 Å². The zero-order chi connectivity index (χ0) is 13.3. The first-order valence-electron chi connectivity index (χ1n) is 6.67. The summed E-state index contributed by atoms with van der Waals surface area (Å²) in [7, 11) is 0. The molecule has 0 bridgehead atoms. The fourth-order valence-electron chi connectivity index (χ4n) is 2.38. The van der Waals surface area contributed by atoms with Crippen LogP contribution in [0.15, 0.2) is 10.6 Å². The Morgan fingerprint density at radius 1 is 1.32 bits per heavy atom. The Balaban J connectivity index is 1.64. The molecule has 1 aromatic rings. The summed E-state index contributed by atoms with van der Waals surface area (Å²) in [6.07, 6.45) is 6.71. The smallest absolute Gasteiger partial charge is 0.250 e. The first-order chi connectivity index (χ1) is 9.17. The van der Waals surface area contributed by atoms with Crippen molar-refractivity contribution in [2.45, 2.75) is 37.8 Å². The number of hydrogen-bond donors (Lipinski definition) is 0. The second kappa shape index (κ2) is 4.75. The van der Waals surface area contributed by atoms with Crippen molar-refractivity contribution < 1.29 is 13.7 Å². The van der Waals surface area contributed by atoms with Crippen molar-refractivity contribution in [3.05, 3.63) is 17.8 Å². The lowest BCUT2D eigenvalue weighted by molar-refractivity contribution is -0.124. The Labute approximate surface area is 110 Å². The van der Waals surface area contributed by atoms with Crippen LogP contribution in [-0.4, -0.2) is 34.0 Å². The van der Waals surface area contributed by atoms with Crippen molar-refractivity contribution in [1.29, 1.82) is 0 Å². The third kappa shape index (κ3) is 2.39. The Bertz CT molecular complexity index is 502. The van der Waals surface area contributed by atoms with Crippen molar-refractivity contribution in [2.75, 3.05) is 13.1 Å². The SMILES string of the molecule is O=C(/C=C/c1nc(C2(F)CCC2)no1)N1CCCC1. The molecule has 0 radical (unpaired) electrons. The van der Waals surface area contributed by atoms with Crippen LogP contribution in [-0.2, 0) is 10.5 Å². The molecule has 1 aliphatic heterocycles. The van der Waals surface area contributed by atoms with Crippen molar-refractivity contribution in [3.63, 3.8) is 0 Å². The molecule has 2 fully saturated rings. The minimum atomic E-state index is -1.42. The second-order valence-electron chi connectivity index (χ2n) is 5.14. The van der Waals surface area contributed by atoms with E-state index in [0.717, 1.165) is 32.4 Å². The highest BCUT2D eigenvalue weighted by Crippen LogP contribution is 2.43. The van der Waals surface area contributed by atoms with E-state index in [1.165, 1.54) is 12.2 Å². The van der Waals surface area contributed by atoms with Gasteiger partial charge in [0, 0.05) is 25.2 Å². The molecule has 1 amide bonds. The minimum absolute atomic E-state index is 0.0594. The van der Waals surface area contributed by atoms with Gasteiger partial charge in [0.15, 0.2) is 5.67 Å². The summed E-state index contributed by atoms with van der Waals surface area (Å²) in [6.45, 7) is 1.59. The van der Waals surface area contributed by atoms with Crippen LogP contribution in [0, 0.1) is 0 Å². The van der Waals surface area contributed by atoms with E-state index in [2.05, 4.69) is 10.1 Å². The van der Waals surface area contributed by atoms with Crippen LogP contribution in [0.3, 0.4) is 0 Å². The highest BCUT2D eigenvalue weighted by atomic mass is 19.1. The number of carbonyl (C=O) groups is 1. The molecule has 0 atom stereocenters. The van der Waals surface area contributed by atoms with Gasteiger partial charge in [-0.3, -0.25) is 4.79 Å². The lowest BCUT2D eigenvalue weighted by Gasteiger charge is -2.29. The number of aromatic nitrogens is 2. The quantitative estimate of drug-likeness (QED) is 0.785. The maximum atomic E-state index is 14.0. The molecule has 2 aliphatic rings. The molecule has 1 saturated heterocycles. The van der Waals surface area contributed by atoms with E-state index >= 15 is 0 Å². The van der Waals surface area contributed by atoms with Crippen molar-refractivity contribution in [3.8, 4) is 0 Å². The number of nitrogens with zero attached hydrogens (tertiary/aromatic N) is 3. The molecule has 0 spiro atoms. The number of likely N-dealkylation sites (tertiary alicyclic amines) is 1. The summed E-state index contributed by atoms with van der Waals surface area (Å²) in [4.78, 5) is 17.5. The first kappa shape index (κ1) is 12.3. The second-order valence-corrected chi connectivity index (χ2v) is 5.14. The summed E-state index contributed by atoms with van der Waals surface area (Å²) in [5.41, 5.74) is -1.42. The highest BCUT2D eigenvalue weighted by molar-refractivity contribution is 5.91. The third-order valence-corrected chi connectivity index (χ3v) is 3.77. The number of carbonyl (C=O) groups excluding carboxylic acids is 1. The lowest BCUT2D eigenvalue weighted by atomic mass is 9.81. The Kier molecular flexibility index (Phi) is 3.08. The number of halogens is 1. The third-order valence-electron chi connectivity index (χ3n) is 3.77. The van der Waals surface area contributed by atoms with Gasteiger partial charge in [-0.25, -0.2) is 4.39 Å². The average molecular weight is 265 g/mol. The largest absolute Gasteiger partial charge is 0.339 e. The van der Waals surface area contributed by atoms with Crippen LogP contribution >= 0.6 is 0 Å². The number of rotatable bonds is 3. The molecular formula is C13H16FN3O2. The fourth-order valence-corrected chi connectivity index (χ4v) is 2.38. The van der Waals surface area contributed by atoms with Gasteiger partial charge in [-0.15, -0.1) is 0 Å². The molecule has 1 saturated carbocycles. The van der Waals surface area contributed by atoms with Gasteiger partial charge in [-0.1, -0.05) is 5.16 Å². The molecule has 2 heterocycles. The van der Waals surface area contributed by atoms with E-state index in [-0.39, 0.29) is 17.6 Å². The van der Waals surface area contributed by atoms with Crippen LogP contribution in [0.4, 0.5) is 4.39 Å². The summed E-state index contributed by atoms with van der Waals surface area (Å²) < 4.78 is 19.0. The molecule has 1 aromatic heterocycles.